The highest BCUT2D eigenvalue weighted by Gasteiger charge is 2.23. The zero-order valence-electron chi connectivity index (χ0n) is 15.7. The van der Waals surface area contributed by atoms with Crippen molar-refractivity contribution in [1.29, 1.82) is 5.26 Å². The van der Waals surface area contributed by atoms with Crippen LogP contribution in [-0.4, -0.2) is 18.0 Å². The minimum Gasteiger partial charge on any atom is -0.329 e. The fraction of sp³-hybridized carbons (Fsp3) is 0.0909. The molecule has 1 heterocycles. The van der Waals surface area contributed by atoms with Crippen molar-refractivity contribution in [3.63, 3.8) is 0 Å². The summed E-state index contributed by atoms with van der Waals surface area (Å²) in [4.78, 5) is 4.39. The quantitative estimate of drug-likeness (QED) is 0.514. The average molecular weight is 420 g/mol. The first-order valence-corrected chi connectivity index (χ1v) is 10.6. The van der Waals surface area contributed by atoms with E-state index in [9.17, 15) is 12.8 Å². The van der Waals surface area contributed by atoms with Crippen molar-refractivity contribution < 1.29 is 12.8 Å². The van der Waals surface area contributed by atoms with Crippen LogP contribution in [0.5, 0.6) is 0 Å². The Hall–Kier alpha value is -3.54. The van der Waals surface area contributed by atoms with Crippen molar-refractivity contribution in [2.75, 3.05) is 0 Å². The molecule has 0 aliphatic carbocycles. The van der Waals surface area contributed by atoms with Gasteiger partial charge in [-0.3, -0.25) is 0 Å². The molecule has 4 aromatic rings. The van der Waals surface area contributed by atoms with Gasteiger partial charge in [0, 0.05) is 6.54 Å². The van der Waals surface area contributed by atoms with Crippen LogP contribution in [0.4, 0.5) is 4.39 Å². The molecule has 150 valence electrons. The van der Waals surface area contributed by atoms with Crippen LogP contribution in [0.15, 0.2) is 84.0 Å². The van der Waals surface area contributed by atoms with Crippen molar-refractivity contribution in [3.05, 3.63) is 96.1 Å². The Bertz CT molecular complexity index is 1320. The molecule has 1 N–H and O–H groups in total. The topological polar surface area (TPSA) is 87.8 Å². The van der Waals surface area contributed by atoms with Gasteiger partial charge in [0.05, 0.1) is 39.9 Å². The van der Waals surface area contributed by atoms with E-state index in [1.807, 2.05) is 34.9 Å². The van der Waals surface area contributed by atoms with Crippen molar-refractivity contribution in [1.82, 2.24) is 14.3 Å². The van der Waals surface area contributed by atoms with Gasteiger partial charge in [-0.1, -0.05) is 24.3 Å². The molecule has 6 nitrogen and oxygen atoms in total. The Kier molecular flexibility index (Phi) is 5.31. The van der Waals surface area contributed by atoms with Gasteiger partial charge in [-0.05, 0) is 54.1 Å². The summed E-state index contributed by atoms with van der Waals surface area (Å²) in [5, 5.41) is 8.92. The molecule has 1 atom stereocenters. The number of hydrogen-bond donors (Lipinski definition) is 1. The van der Waals surface area contributed by atoms with Crippen LogP contribution >= 0.6 is 0 Å². The Morgan fingerprint density at radius 1 is 1.03 bits per heavy atom. The minimum atomic E-state index is -3.89. The summed E-state index contributed by atoms with van der Waals surface area (Å²) in [5.74, 6) is -0.402. The lowest BCUT2D eigenvalue weighted by Gasteiger charge is -2.20. The molecule has 0 saturated heterocycles. The molecule has 0 radical (unpaired) electrons. The Morgan fingerprint density at radius 2 is 1.73 bits per heavy atom. The molecule has 1 unspecified atom stereocenters. The van der Waals surface area contributed by atoms with Gasteiger partial charge in [0.25, 0.3) is 0 Å². The highest BCUT2D eigenvalue weighted by atomic mass is 32.2. The number of nitrogens with one attached hydrogen (secondary N) is 1. The highest BCUT2D eigenvalue weighted by Crippen LogP contribution is 2.22. The summed E-state index contributed by atoms with van der Waals surface area (Å²) in [6, 6.07) is 20.2. The molecule has 1 aromatic heterocycles. The molecule has 4 rings (SSSR count). The maximum atomic E-state index is 13.4. The summed E-state index contributed by atoms with van der Waals surface area (Å²) in [6.07, 6.45) is 1.65. The van der Waals surface area contributed by atoms with Gasteiger partial charge in [0.2, 0.25) is 10.0 Å². The summed E-state index contributed by atoms with van der Waals surface area (Å²) in [7, 11) is -3.89. The average Bonchev–Trinajstić information content (AvgIpc) is 3.17. The SMILES string of the molecule is N#Cc1ccc(S(=O)(=O)NC(Cn2cnc3ccccc32)c2ccc(F)cc2)cc1. The largest absolute Gasteiger partial charge is 0.329 e. The maximum absolute atomic E-state index is 13.4. The third kappa shape index (κ3) is 4.08. The monoisotopic (exact) mass is 420 g/mol. The number of rotatable bonds is 6. The van der Waals surface area contributed by atoms with Crippen LogP contribution in [0, 0.1) is 17.1 Å². The molecule has 8 heteroatoms. The van der Waals surface area contributed by atoms with E-state index in [0.717, 1.165) is 11.0 Å². The maximum Gasteiger partial charge on any atom is 0.241 e. The van der Waals surface area contributed by atoms with Crippen molar-refractivity contribution in [3.8, 4) is 6.07 Å². The van der Waals surface area contributed by atoms with Crippen LogP contribution in [0.1, 0.15) is 17.2 Å². The van der Waals surface area contributed by atoms with Crippen LogP contribution in [0.2, 0.25) is 0 Å². The Labute approximate surface area is 173 Å². The molecule has 30 heavy (non-hydrogen) atoms. The van der Waals surface area contributed by atoms with Gasteiger partial charge in [-0.15, -0.1) is 0 Å². The van der Waals surface area contributed by atoms with Gasteiger partial charge in [0.1, 0.15) is 5.82 Å². The van der Waals surface area contributed by atoms with Gasteiger partial charge in [0.15, 0.2) is 0 Å². The third-order valence-corrected chi connectivity index (χ3v) is 6.26. The van der Waals surface area contributed by atoms with Crippen molar-refractivity contribution >= 4 is 21.1 Å². The summed E-state index contributed by atoms with van der Waals surface area (Å²) >= 11 is 0. The normalized spacial score (nSPS) is 12.5. The molecule has 3 aromatic carbocycles. The van der Waals surface area contributed by atoms with Gasteiger partial charge in [-0.25, -0.2) is 22.5 Å². The van der Waals surface area contributed by atoms with E-state index in [1.165, 1.54) is 36.4 Å². The molecule has 0 spiro atoms. The predicted octanol–water partition coefficient (Wildman–Crippen LogP) is 3.77. The van der Waals surface area contributed by atoms with E-state index < -0.39 is 21.9 Å². The van der Waals surface area contributed by atoms with Crippen molar-refractivity contribution in [2.45, 2.75) is 17.5 Å². The number of benzene rings is 3. The number of sulfonamides is 1. The second kappa shape index (κ2) is 8.06. The zero-order valence-corrected chi connectivity index (χ0v) is 16.6. The zero-order chi connectivity index (χ0) is 21.1. The number of nitriles is 1. The minimum absolute atomic E-state index is 0.0455. The molecule has 0 saturated carbocycles. The van der Waals surface area contributed by atoms with Crippen LogP contribution in [0.25, 0.3) is 11.0 Å². The van der Waals surface area contributed by atoms with Crippen molar-refractivity contribution in [2.24, 2.45) is 0 Å². The first-order valence-electron chi connectivity index (χ1n) is 9.14. The number of halogens is 1. The van der Waals surface area contributed by atoms with Crippen LogP contribution < -0.4 is 4.72 Å². The number of para-hydroxylation sites is 2. The predicted molar refractivity (Wildman–Crippen MR) is 110 cm³/mol. The second-order valence-corrected chi connectivity index (χ2v) is 8.46. The molecule has 0 aliphatic rings. The molecular formula is C22H17FN4O2S. The summed E-state index contributed by atoms with van der Waals surface area (Å²) < 4.78 is 43.9. The van der Waals surface area contributed by atoms with E-state index in [1.54, 1.807) is 18.5 Å². The standard InChI is InChI=1S/C22H17FN4O2S/c23-18-9-7-17(8-10-18)21(14-27-15-25-20-3-1-2-4-22(20)27)26-30(28,29)19-11-5-16(13-24)6-12-19/h1-12,15,21,26H,14H2. The summed E-state index contributed by atoms with van der Waals surface area (Å²) in [6.45, 7) is 0.266. The van der Waals surface area contributed by atoms with Crippen LogP contribution in [-0.2, 0) is 16.6 Å². The van der Waals surface area contributed by atoms with E-state index >= 15 is 0 Å². The number of hydrogen-bond acceptors (Lipinski definition) is 4. The van der Waals surface area contributed by atoms with Gasteiger partial charge >= 0.3 is 0 Å². The molecule has 0 aliphatic heterocycles. The third-order valence-electron chi connectivity index (χ3n) is 4.77. The second-order valence-electron chi connectivity index (χ2n) is 6.75. The summed E-state index contributed by atoms with van der Waals surface area (Å²) in [5.41, 5.74) is 2.65. The van der Waals surface area contributed by atoms with Crippen LogP contribution in [0.3, 0.4) is 0 Å². The lowest BCUT2D eigenvalue weighted by atomic mass is 10.1. The first kappa shape index (κ1) is 19.8. The molecule has 0 fully saturated rings. The Balaban J connectivity index is 1.69. The fourth-order valence-corrected chi connectivity index (χ4v) is 4.44. The number of fused-ring (bicyclic) bond motifs is 1. The number of aromatic nitrogens is 2. The number of nitrogens with zero attached hydrogens (tertiary/aromatic N) is 3. The Morgan fingerprint density at radius 3 is 2.43 bits per heavy atom. The highest BCUT2D eigenvalue weighted by molar-refractivity contribution is 7.89. The molecule has 0 amide bonds. The lowest BCUT2D eigenvalue weighted by molar-refractivity contribution is 0.515. The van der Waals surface area contributed by atoms with E-state index in [2.05, 4.69) is 9.71 Å². The lowest BCUT2D eigenvalue weighted by Crippen LogP contribution is -2.31. The fourth-order valence-electron chi connectivity index (χ4n) is 3.22. The van der Waals surface area contributed by atoms with E-state index in [4.69, 9.17) is 5.26 Å². The van der Waals surface area contributed by atoms with E-state index in [0.29, 0.717) is 11.1 Å². The first-order chi connectivity index (χ1) is 14.5. The molecular weight excluding hydrogens is 403 g/mol. The smallest absolute Gasteiger partial charge is 0.241 e. The van der Waals surface area contributed by atoms with Gasteiger partial charge in [-0.2, -0.15) is 5.26 Å². The molecule has 0 bridgehead atoms. The van der Waals surface area contributed by atoms with Gasteiger partial charge < -0.3 is 4.57 Å². The number of imidazole rings is 1. The van der Waals surface area contributed by atoms with E-state index in [-0.39, 0.29) is 11.4 Å².